The summed E-state index contributed by atoms with van der Waals surface area (Å²) in [5.74, 6) is -0.0568. The summed E-state index contributed by atoms with van der Waals surface area (Å²) < 4.78 is 5.28. The molecule has 1 aromatic carbocycles. The van der Waals surface area contributed by atoms with Crippen LogP contribution in [0.3, 0.4) is 0 Å². The first-order chi connectivity index (χ1) is 16.3. The number of para-hydroxylation sites is 1. The van der Waals surface area contributed by atoms with E-state index in [9.17, 15) is 19.5 Å². The Bertz CT molecular complexity index is 1040. The lowest BCUT2D eigenvalue weighted by Crippen LogP contribution is -2.54. The number of aromatic hydroxyl groups is 1. The molecule has 4 rings (SSSR count). The van der Waals surface area contributed by atoms with Crippen LogP contribution in [0.25, 0.3) is 0 Å². The van der Waals surface area contributed by atoms with Crippen LogP contribution in [0.1, 0.15) is 60.3 Å². The third-order valence-electron chi connectivity index (χ3n) is 6.47. The quantitative estimate of drug-likeness (QED) is 0.454. The van der Waals surface area contributed by atoms with E-state index in [4.69, 9.17) is 10.3 Å². The number of rotatable bonds is 8. The van der Waals surface area contributed by atoms with E-state index >= 15 is 0 Å². The zero-order chi connectivity index (χ0) is 24.2. The summed E-state index contributed by atoms with van der Waals surface area (Å²) in [6.45, 7) is 2.69. The maximum absolute atomic E-state index is 13.2. The van der Waals surface area contributed by atoms with Gasteiger partial charge in [0.1, 0.15) is 17.6 Å². The predicted octanol–water partition coefficient (Wildman–Crippen LogP) is 1.26. The van der Waals surface area contributed by atoms with E-state index in [1.54, 1.807) is 42.2 Å². The lowest BCUT2D eigenvalue weighted by molar-refractivity contribution is -0.134. The van der Waals surface area contributed by atoms with Crippen molar-refractivity contribution in [1.82, 2.24) is 20.7 Å². The Morgan fingerprint density at radius 1 is 1.21 bits per heavy atom. The molecule has 2 aromatic rings. The minimum Gasteiger partial charge on any atom is -0.508 e. The third-order valence-corrected chi connectivity index (χ3v) is 6.47. The number of benzene rings is 1. The lowest BCUT2D eigenvalue weighted by Gasteiger charge is -2.36. The average Bonchev–Trinajstić information content (AvgIpc) is 3.57. The Labute approximate surface area is 197 Å². The molecule has 1 saturated carbocycles. The number of nitrogens with two attached hydrogens (primary N) is 1. The molecule has 0 bridgehead atoms. The van der Waals surface area contributed by atoms with Gasteiger partial charge in [-0.3, -0.25) is 14.4 Å². The van der Waals surface area contributed by atoms with E-state index in [0.717, 1.165) is 12.8 Å². The van der Waals surface area contributed by atoms with Crippen LogP contribution in [0.4, 0.5) is 0 Å². The second-order valence-corrected chi connectivity index (χ2v) is 9.14. The highest BCUT2D eigenvalue weighted by molar-refractivity contribution is 5.96. The van der Waals surface area contributed by atoms with Crippen molar-refractivity contribution in [2.24, 2.45) is 11.7 Å². The second kappa shape index (κ2) is 10.3. The number of nitrogens with one attached hydrogen (secondary N) is 2. The van der Waals surface area contributed by atoms with Crippen molar-refractivity contribution in [2.75, 3.05) is 13.1 Å². The molecule has 182 valence electrons. The van der Waals surface area contributed by atoms with E-state index in [-0.39, 0.29) is 35.7 Å². The lowest BCUT2D eigenvalue weighted by atomic mass is 9.88. The molecule has 0 radical (unpaired) electrons. The number of piperidine rings is 1. The minimum atomic E-state index is -0.827. The van der Waals surface area contributed by atoms with Crippen LogP contribution in [-0.4, -0.2) is 58.1 Å². The van der Waals surface area contributed by atoms with E-state index in [1.165, 1.54) is 0 Å². The zero-order valence-corrected chi connectivity index (χ0v) is 19.2. The number of carbonyl (C=O) groups excluding carboxylic acids is 3. The van der Waals surface area contributed by atoms with Crippen molar-refractivity contribution in [3.63, 3.8) is 0 Å². The van der Waals surface area contributed by atoms with Crippen molar-refractivity contribution in [3.05, 3.63) is 47.3 Å². The molecule has 5 N–H and O–H groups in total. The Hall–Kier alpha value is -3.40. The molecule has 2 heterocycles. The topological polar surface area (TPSA) is 151 Å². The van der Waals surface area contributed by atoms with Gasteiger partial charge in [-0.25, -0.2) is 0 Å². The number of aromatic nitrogens is 1. The van der Waals surface area contributed by atoms with Crippen LogP contribution in [-0.2, 0) is 16.1 Å². The fraction of sp³-hybridized carbons (Fsp3) is 0.500. The molecule has 3 amide bonds. The van der Waals surface area contributed by atoms with Crippen LogP contribution in [0.5, 0.6) is 5.75 Å². The number of nitrogens with zero attached hydrogens (tertiary/aromatic N) is 2. The Morgan fingerprint density at radius 3 is 2.56 bits per heavy atom. The van der Waals surface area contributed by atoms with Gasteiger partial charge in [0.05, 0.1) is 6.04 Å². The van der Waals surface area contributed by atoms with Crippen LogP contribution >= 0.6 is 0 Å². The van der Waals surface area contributed by atoms with E-state index in [1.807, 2.05) is 0 Å². The summed E-state index contributed by atoms with van der Waals surface area (Å²) in [6, 6.07) is 6.97. The molecule has 1 unspecified atom stereocenters. The summed E-state index contributed by atoms with van der Waals surface area (Å²) in [7, 11) is 0. The molecule has 2 atom stereocenters. The molecule has 2 aliphatic rings. The molecule has 34 heavy (non-hydrogen) atoms. The Balaban J connectivity index is 1.44. The minimum absolute atomic E-state index is 0.0845. The first-order valence-corrected chi connectivity index (χ1v) is 11.7. The Kier molecular flexibility index (Phi) is 7.16. The van der Waals surface area contributed by atoms with Gasteiger partial charge >= 0.3 is 0 Å². The SMILES string of the molecule is C[C@H](N)C(=O)N1CCC(C(NC(=O)c2cc(C3CC3)on2)C(=O)NCc2ccccc2O)CC1. The fourth-order valence-electron chi connectivity index (χ4n) is 4.26. The molecular weight excluding hydrogens is 438 g/mol. The first kappa shape index (κ1) is 23.7. The normalized spacial score (nSPS) is 18.2. The average molecular weight is 470 g/mol. The van der Waals surface area contributed by atoms with Gasteiger partial charge in [0.2, 0.25) is 11.8 Å². The molecule has 2 fully saturated rings. The maximum Gasteiger partial charge on any atom is 0.274 e. The van der Waals surface area contributed by atoms with Gasteiger partial charge in [-0.1, -0.05) is 23.4 Å². The zero-order valence-electron chi connectivity index (χ0n) is 19.2. The fourth-order valence-corrected chi connectivity index (χ4v) is 4.26. The molecule has 1 aliphatic heterocycles. The summed E-state index contributed by atoms with van der Waals surface area (Å²) in [4.78, 5) is 40.0. The highest BCUT2D eigenvalue weighted by atomic mass is 16.5. The molecule has 1 aliphatic carbocycles. The standard InChI is InChI=1S/C24H31N5O5/c1-14(25)24(33)29-10-8-16(9-11-29)21(23(32)26-13-17-4-2-3-5-19(17)30)27-22(31)18-12-20(34-28-18)15-6-7-15/h2-5,12,14-16,21,30H,6-11,13,25H2,1H3,(H,26,32)(H,27,31)/t14-,21?/m0/s1. The highest BCUT2D eigenvalue weighted by Crippen LogP contribution is 2.40. The van der Waals surface area contributed by atoms with Gasteiger partial charge < -0.3 is 30.9 Å². The molecule has 10 nitrogen and oxygen atoms in total. The van der Waals surface area contributed by atoms with Gasteiger partial charge in [0.15, 0.2) is 5.69 Å². The molecule has 1 saturated heterocycles. The van der Waals surface area contributed by atoms with Crippen molar-refractivity contribution in [2.45, 2.75) is 57.2 Å². The number of phenols is 1. The van der Waals surface area contributed by atoms with E-state index < -0.39 is 18.0 Å². The number of carbonyl (C=O) groups is 3. The smallest absolute Gasteiger partial charge is 0.274 e. The number of likely N-dealkylation sites (tertiary alicyclic amines) is 1. The van der Waals surface area contributed by atoms with Gasteiger partial charge in [-0.2, -0.15) is 0 Å². The van der Waals surface area contributed by atoms with Gasteiger partial charge in [0, 0.05) is 37.2 Å². The summed E-state index contributed by atoms with van der Waals surface area (Å²) in [5, 5.41) is 19.5. The number of hydrogen-bond donors (Lipinski definition) is 4. The monoisotopic (exact) mass is 469 g/mol. The maximum atomic E-state index is 13.2. The predicted molar refractivity (Wildman–Crippen MR) is 123 cm³/mol. The summed E-state index contributed by atoms with van der Waals surface area (Å²) in [6.07, 6.45) is 3.12. The van der Waals surface area contributed by atoms with Crippen LogP contribution in [0.2, 0.25) is 0 Å². The van der Waals surface area contributed by atoms with Gasteiger partial charge in [-0.05, 0) is 44.6 Å². The number of phenolic OH excluding ortho intramolecular Hbond substituents is 1. The van der Waals surface area contributed by atoms with Crippen LogP contribution < -0.4 is 16.4 Å². The second-order valence-electron chi connectivity index (χ2n) is 9.14. The largest absolute Gasteiger partial charge is 0.508 e. The molecule has 10 heteroatoms. The number of hydrogen-bond acceptors (Lipinski definition) is 7. The highest BCUT2D eigenvalue weighted by Gasteiger charge is 2.35. The summed E-state index contributed by atoms with van der Waals surface area (Å²) >= 11 is 0. The summed E-state index contributed by atoms with van der Waals surface area (Å²) in [5.41, 5.74) is 6.44. The van der Waals surface area contributed by atoms with E-state index in [0.29, 0.717) is 43.2 Å². The van der Waals surface area contributed by atoms with Crippen molar-refractivity contribution in [1.29, 1.82) is 0 Å². The van der Waals surface area contributed by atoms with E-state index in [2.05, 4.69) is 15.8 Å². The van der Waals surface area contributed by atoms with Gasteiger partial charge in [0.25, 0.3) is 5.91 Å². The van der Waals surface area contributed by atoms with Gasteiger partial charge in [-0.15, -0.1) is 0 Å². The van der Waals surface area contributed by atoms with Crippen LogP contribution in [0, 0.1) is 5.92 Å². The van der Waals surface area contributed by atoms with Crippen molar-refractivity contribution >= 4 is 17.7 Å². The first-order valence-electron chi connectivity index (χ1n) is 11.7. The van der Waals surface area contributed by atoms with Crippen molar-refractivity contribution in [3.8, 4) is 5.75 Å². The Morgan fingerprint density at radius 2 is 1.91 bits per heavy atom. The number of amides is 3. The van der Waals surface area contributed by atoms with Crippen molar-refractivity contribution < 1.29 is 24.0 Å². The molecule has 1 aromatic heterocycles. The van der Waals surface area contributed by atoms with Crippen LogP contribution in [0.15, 0.2) is 34.9 Å². The third kappa shape index (κ3) is 5.56. The molecule has 0 spiro atoms. The molecular formula is C24H31N5O5.